The highest BCUT2D eigenvalue weighted by molar-refractivity contribution is 8.00. The van der Waals surface area contributed by atoms with Gasteiger partial charge in [0.2, 0.25) is 5.91 Å². The van der Waals surface area contributed by atoms with E-state index in [0.29, 0.717) is 23.8 Å². The van der Waals surface area contributed by atoms with Gasteiger partial charge in [-0.15, -0.1) is 11.8 Å². The maximum Gasteiger partial charge on any atom is 0.253 e. The third-order valence-corrected chi connectivity index (χ3v) is 5.42. The number of amides is 2. The van der Waals surface area contributed by atoms with Crippen LogP contribution >= 0.6 is 11.8 Å². The number of nitrogens with one attached hydrogen (secondary N) is 1. The lowest BCUT2D eigenvalue weighted by Gasteiger charge is -2.34. The number of carbonyl (C=O) groups is 2. The van der Waals surface area contributed by atoms with Gasteiger partial charge in [0.1, 0.15) is 0 Å². The first-order valence-electron chi connectivity index (χ1n) is 7.66. The molecule has 2 unspecified atom stereocenters. The second kappa shape index (κ2) is 6.30. The minimum Gasteiger partial charge on any atom is -0.338 e. The van der Waals surface area contributed by atoms with Gasteiger partial charge >= 0.3 is 0 Å². The Kier molecular flexibility index (Phi) is 4.40. The number of fused-ring (bicyclic) bond motifs is 1. The van der Waals surface area contributed by atoms with Crippen LogP contribution in [0.1, 0.15) is 30.1 Å². The molecule has 0 spiro atoms. The van der Waals surface area contributed by atoms with Gasteiger partial charge < -0.3 is 16.0 Å². The van der Waals surface area contributed by atoms with Crippen molar-refractivity contribution < 1.29 is 9.59 Å². The van der Waals surface area contributed by atoms with E-state index in [1.807, 2.05) is 24.0 Å². The van der Waals surface area contributed by atoms with E-state index in [0.717, 1.165) is 30.0 Å². The molecule has 2 aliphatic heterocycles. The third kappa shape index (κ3) is 3.13. The van der Waals surface area contributed by atoms with Crippen LogP contribution in [-0.2, 0) is 4.79 Å². The first-order chi connectivity index (χ1) is 10.5. The van der Waals surface area contributed by atoms with Crippen molar-refractivity contribution >= 4 is 29.3 Å². The van der Waals surface area contributed by atoms with Crippen molar-refractivity contribution in [3.63, 3.8) is 0 Å². The molecule has 2 atom stereocenters. The SMILES string of the molecule is CC(N)C1CCCN(C(=O)c2ccc3c(c2)NC(=O)CS3)C1. The second-order valence-electron chi connectivity index (χ2n) is 6.06. The number of nitrogens with two attached hydrogens (primary N) is 1. The molecule has 22 heavy (non-hydrogen) atoms. The van der Waals surface area contributed by atoms with Gasteiger partial charge in [0.25, 0.3) is 5.91 Å². The molecule has 1 fully saturated rings. The molecule has 0 aromatic heterocycles. The van der Waals surface area contributed by atoms with Crippen LogP contribution in [0.4, 0.5) is 5.69 Å². The highest BCUT2D eigenvalue weighted by atomic mass is 32.2. The number of carbonyl (C=O) groups excluding carboxylic acids is 2. The van der Waals surface area contributed by atoms with Crippen LogP contribution in [0, 0.1) is 5.92 Å². The number of rotatable bonds is 2. The van der Waals surface area contributed by atoms with Crippen molar-refractivity contribution in [3.8, 4) is 0 Å². The molecule has 2 heterocycles. The summed E-state index contributed by atoms with van der Waals surface area (Å²) in [5.41, 5.74) is 7.36. The molecule has 1 aromatic rings. The summed E-state index contributed by atoms with van der Waals surface area (Å²) in [7, 11) is 0. The van der Waals surface area contributed by atoms with Crippen molar-refractivity contribution in [2.75, 3.05) is 24.2 Å². The smallest absolute Gasteiger partial charge is 0.253 e. The highest BCUT2D eigenvalue weighted by Crippen LogP contribution is 2.32. The van der Waals surface area contributed by atoms with Gasteiger partial charge in [-0.2, -0.15) is 0 Å². The Morgan fingerprint density at radius 3 is 3.09 bits per heavy atom. The minimum atomic E-state index is -0.0166. The number of hydrogen-bond acceptors (Lipinski definition) is 4. The summed E-state index contributed by atoms with van der Waals surface area (Å²) < 4.78 is 0. The van der Waals surface area contributed by atoms with Gasteiger partial charge in [-0.25, -0.2) is 0 Å². The van der Waals surface area contributed by atoms with Crippen molar-refractivity contribution in [1.82, 2.24) is 4.90 Å². The monoisotopic (exact) mass is 319 g/mol. The number of piperidine rings is 1. The molecule has 0 saturated carbocycles. The number of thioether (sulfide) groups is 1. The molecule has 6 heteroatoms. The molecule has 118 valence electrons. The first kappa shape index (κ1) is 15.4. The van der Waals surface area contributed by atoms with E-state index < -0.39 is 0 Å². The maximum atomic E-state index is 12.7. The van der Waals surface area contributed by atoms with E-state index in [1.54, 1.807) is 6.07 Å². The van der Waals surface area contributed by atoms with E-state index >= 15 is 0 Å². The predicted octanol–water partition coefficient (Wildman–Crippen LogP) is 1.93. The van der Waals surface area contributed by atoms with Crippen LogP contribution in [0.2, 0.25) is 0 Å². The molecule has 1 saturated heterocycles. The van der Waals surface area contributed by atoms with Crippen molar-refractivity contribution in [2.45, 2.75) is 30.7 Å². The first-order valence-corrected chi connectivity index (χ1v) is 8.64. The molecule has 1 aromatic carbocycles. The van der Waals surface area contributed by atoms with E-state index in [-0.39, 0.29) is 17.9 Å². The molecule has 0 bridgehead atoms. The average molecular weight is 319 g/mol. The maximum absolute atomic E-state index is 12.7. The molecular weight excluding hydrogens is 298 g/mol. The Labute approximate surface area is 134 Å². The van der Waals surface area contributed by atoms with Crippen LogP contribution in [-0.4, -0.2) is 41.6 Å². The highest BCUT2D eigenvalue weighted by Gasteiger charge is 2.27. The van der Waals surface area contributed by atoms with Gasteiger partial charge in [-0.3, -0.25) is 9.59 Å². The largest absolute Gasteiger partial charge is 0.338 e. The number of hydrogen-bond donors (Lipinski definition) is 2. The average Bonchev–Trinajstić information content (AvgIpc) is 2.53. The van der Waals surface area contributed by atoms with E-state index in [4.69, 9.17) is 5.73 Å². The van der Waals surface area contributed by atoms with E-state index in [1.165, 1.54) is 11.8 Å². The fraction of sp³-hybridized carbons (Fsp3) is 0.500. The quantitative estimate of drug-likeness (QED) is 0.873. The van der Waals surface area contributed by atoms with E-state index in [9.17, 15) is 9.59 Å². The number of nitrogens with zero attached hydrogens (tertiary/aromatic N) is 1. The molecule has 3 N–H and O–H groups in total. The fourth-order valence-corrected chi connectivity index (χ4v) is 3.81. The van der Waals surface area contributed by atoms with Crippen molar-refractivity contribution in [3.05, 3.63) is 23.8 Å². The summed E-state index contributed by atoms with van der Waals surface area (Å²) in [6.45, 7) is 3.50. The Balaban J connectivity index is 1.77. The summed E-state index contributed by atoms with van der Waals surface area (Å²) in [5.74, 6) is 0.809. The lowest BCUT2D eigenvalue weighted by molar-refractivity contribution is -0.113. The molecule has 3 rings (SSSR count). The topological polar surface area (TPSA) is 75.4 Å². The Morgan fingerprint density at radius 2 is 2.32 bits per heavy atom. The van der Waals surface area contributed by atoms with Crippen LogP contribution < -0.4 is 11.1 Å². The third-order valence-electron chi connectivity index (χ3n) is 4.35. The van der Waals surface area contributed by atoms with Crippen molar-refractivity contribution in [1.29, 1.82) is 0 Å². The Bertz CT molecular complexity index is 603. The second-order valence-corrected chi connectivity index (χ2v) is 7.08. The number of likely N-dealkylation sites (tertiary alicyclic amines) is 1. The van der Waals surface area contributed by atoms with Crippen LogP contribution in [0.25, 0.3) is 0 Å². The normalized spacial score (nSPS) is 22.7. The van der Waals surface area contributed by atoms with E-state index in [2.05, 4.69) is 5.32 Å². The zero-order valence-corrected chi connectivity index (χ0v) is 13.5. The van der Waals surface area contributed by atoms with Crippen LogP contribution in [0.5, 0.6) is 0 Å². The predicted molar refractivity (Wildman–Crippen MR) is 88.1 cm³/mol. The summed E-state index contributed by atoms with van der Waals surface area (Å²) in [6, 6.07) is 5.66. The lowest BCUT2D eigenvalue weighted by atomic mass is 9.92. The summed E-state index contributed by atoms with van der Waals surface area (Å²) in [5, 5.41) is 2.83. The summed E-state index contributed by atoms with van der Waals surface area (Å²) in [4.78, 5) is 27.1. The number of anilines is 1. The molecule has 0 aliphatic carbocycles. The fourth-order valence-electron chi connectivity index (χ4n) is 3.02. The molecule has 2 amide bonds. The van der Waals surface area contributed by atoms with Gasteiger partial charge in [0.05, 0.1) is 11.4 Å². The summed E-state index contributed by atoms with van der Waals surface area (Å²) in [6.07, 6.45) is 2.08. The number of benzene rings is 1. The molecule has 2 aliphatic rings. The standard InChI is InChI=1S/C16H21N3O2S/c1-10(17)12-3-2-6-19(8-12)16(21)11-4-5-14-13(7-11)18-15(20)9-22-14/h4-5,7,10,12H,2-3,6,8-9,17H2,1H3,(H,18,20). The summed E-state index contributed by atoms with van der Waals surface area (Å²) >= 11 is 1.50. The Morgan fingerprint density at radius 1 is 1.50 bits per heavy atom. The Hall–Kier alpha value is -1.53. The molecule has 0 radical (unpaired) electrons. The van der Waals surface area contributed by atoms with Gasteiger partial charge in [-0.05, 0) is 43.9 Å². The minimum absolute atomic E-state index is 0.0166. The van der Waals surface area contributed by atoms with Crippen molar-refractivity contribution in [2.24, 2.45) is 11.7 Å². The zero-order chi connectivity index (χ0) is 15.7. The van der Waals surface area contributed by atoms with Gasteiger partial charge in [0, 0.05) is 29.6 Å². The molecular formula is C16H21N3O2S. The van der Waals surface area contributed by atoms with Gasteiger partial charge in [-0.1, -0.05) is 0 Å². The van der Waals surface area contributed by atoms with Crippen LogP contribution in [0.3, 0.4) is 0 Å². The zero-order valence-electron chi connectivity index (χ0n) is 12.7. The molecule has 5 nitrogen and oxygen atoms in total. The van der Waals surface area contributed by atoms with Crippen LogP contribution in [0.15, 0.2) is 23.1 Å². The van der Waals surface area contributed by atoms with Gasteiger partial charge in [0.15, 0.2) is 0 Å². The lowest BCUT2D eigenvalue weighted by Crippen LogP contribution is -2.45.